The first-order valence-corrected chi connectivity index (χ1v) is 9.66. The van der Waals surface area contributed by atoms with Gasteiger partial charge in [0, 0.05) is 23.3 Å². The lowest BCUT2D eigenvalue weighted by Crippen LogP contribution is -2.47. The van der Waals surface area contributed by atoms with Gasteiger partial charge in [-0.2, -0.15) is 5.26 Å². The van der Waals surface area contributed by atoms with Crippen LogP contribution in [0.3, 0.4) is 0 Å². The van der Waals surface area contributed by atoms with Crippen molar-refractivity contribution in [2.24, 2.45) is 0 Å². The molecule has 3 aromatic heterocycles. The molecule has 0 aliphatic carbocycles. The van der Waals surface area contributed by atoms with E-state index in [-0.39, 0.29) is 24.5 Å². The second-order valence-corrected chi connectivity index (χ2v) is 7.34. The number of hydrogen-bond donors (Lipinski definition) is 2. The summed E-state index contributed by atoms with van der Waals surface area (Å²) < 4.78 is 39.7. The molecule has 1 saturated heterocycles. The van der Waals surface area contributed by atoms with Crippen molar-refractivity contribution in [3.8, 4) is 17.5 Å². The van der Waals surface area contributed by atoms with Gasteiger partial charge in [0.1, 0.15) is 17.7 Å². The molecule has 2 N–H and O–H groups in total. The number of hydrogen-bond acceptors (Lipinski definition) is 6. The molecule has 0 bridgehead atoms. The first-order valence-electron chi connectivity index (χ1n) is 9.28. The predicted octanol–water partition coefficient (Wildman–Crippen LogP) is 3.05. The largest absolute Gasteiger partial charge is 0.349 e. The van der Waals surface area contributed by atoms with Gasteiger partial charge >= 0.3 is 0 Å². The molecule has 0 saturated carbocycles. The van der Waals surface area contributed by atoms with Crippen LogP contribution in [0.1, 0.15) is 12.8 Å². The van der Waals surface area contributed by atoms with E-state index in [1.165, 1.54) is 11.1 Å². The summed E-state index contributed by atoms with van der Waals surface area (Å²) in [4.78, 5) is 29.1. The van der Waals surface area contributed by atoms with Crippen LogP contribution in [0.5, 0.6) is 0 Å². The van der Waals surface area contributed by atoms with Crippen molar-refractivity contribution in [2.75, 3.05) is 11.4 Å². The SMILES string of the molecule is N#C[C@@H]1CC[C@H](C(=O)NCC(F)F)N1c1nc(-c2c[nH]c3ncc(Cl)cc23)ncc1F. The molecule has 160 valence electrons. The normalized spacial score (nSPS) is 18.5. The minimum absolute atomic E-state index is 0.127. The van der Waals surface area contributed by atoms with E-state index in [0.29, 0.717) is 21.6 Å². The maximum absolute atomic E-state index is 14.7. The lowest BCUT2D eigenvalue weighted by atomic mass is 10.2. The zero-order valence-electron chi connectivity index (χ0n) is 15.8. The molecular formula is C19H15ClF3N7O. The van der Waals surface area contributed by atoms with Crippen molar-refractivity contribution in [3.05, 3.63) is 35.5 Å². The third-order valence-corrected chi connectivity index (χ3v) is 5.18. The molecule has 0 aromatic carbocycles. The third-order valence-electron chi connectivity index (χ3n) is 4.98. The van der Waals surface area contributed by atoms with Gasteiger partial charge in [-0.05, 0) is 18.9 Å². The Morgan fingerprint density at radius 1 is 1.39 bits per heavy atom. The predicted molar refractivity (Wildman–Crippen MR) is 106 cm³/mol. The lowest BCUT2D eigenvalue weighted by Gasteiger charge is -2.27. The molecule has 1 fully saturated rings. The zero-order valence-corrected chi connectivity index (χ0v) is 16.6. The first kappa shape index (κ1) is 20.9. The van der Waals surface area contributed by atoms with Crippen LogP contribution in [0.25, 0.3) is 22.4 Å². The highest BCUT2D eigenvalue weighted by molar-refractivity contribution is 6.31. The number of rotatable bonds is 5. The summed E-state index contributed by atoms with van der Waals surface area (Å²) >= 11 is 6.02. The number of anilines is 1. The summed E-state index contributed by atoms with van der Waals surface area (Å²) in [5.74, 6) is -1.69. The van der Waals surface area contributed by atoms with Crippen LogP contribution in [-0.2, 0) is 4.79 Å². The molecule has 1 amide bonds. The van der Waals surface area contributed by atoms with E-state index in [4.69, 9.17) is 11.6 Å². The number of carbonyl (C=O) groups is 1. The molecule has 2 atom stereocenters. The number of aromatic nitrogens is 4. The number of nitriles is 1. The average molecular weight is 450 g/mol. The van der Waals surface area contributed by atoms with Crippen molar-refractivity contribution in [2.45, 2.75) is 31.4 Å². The van der Waals surface area contributed by atoms with Crippen LogP contribution in [0.2, 0.25) is 5.02 Å². The summed E-state index contributed by atoms with van der Waals surface area (Å²) in [6.45, 7) is -0.832. The standard InChI is InChI=1S/C19H15ClF3N7O/c20-9-3-11-12(6-26-16(11)25-5-9)17-27-7-13(21)18(29-17)30-10(4-24)1-2-14(30)19(31)28-8-15(22)23/h3,5-7,10,14-15H,1-2,8H2,(H,25,26)(H,28,31)/t10-,14+/m0/s1. The summed E-state index contributed by atoms with van der Waals surface area (Å²) in [7, 11) is 0. The monoisotopic (exact) mass is 449 g/mol. The van der Waals surface area contributed by atoms with E-state index in [1.54, 1.807) is 12.3 Å². The minimum Gasteiger partial charge on any atom is -0.349 e. The molecule has 4 rings (SSSR count). The maximum atomic E-state index is 14.7. The Morgan fingerprint density at radius 3 is 2.94 bits per heavy atom. The van der Waals surface area contributed by atoms with Gasteiger partial charge in [-0.25, -0.2) is 28.1 Å². The van der Waals surface area contributed by atoms with E-state index >= 15 is 0 Å². The van der Waals surface area contributed by atoms with E-state index in [0.717, 1.165) is 6.20 Å². The minimum atomic E-state index is -2.73. The van der Waals surface area contributed by atoms with Crippen LogP contribution in [-0.4, -0.2) is 50.9 Å². The molecule has 1 aliphatic heterocycles. The van der Waals surface area contributed by atoms with Gasteiger partial charge in [0.25, 0.3) is 6.43 Å². The molecule has 31 heavy (non-hydrogen) atoms. The van der Waals surface area contributed by atoms with Gasteiger partial charge in [0.2, 0.25) is 5.91 Å². The number of amides is 1. The fraction of sp³-hybridized carbons (Fsp3) is 0.316. The van der Waals surface area contributed by atoms with Gasteiger partial charge in [-0.3, -0.25) is 4.79 Å². The second kappa shape index (κ2) is 8.39. The highest BCUT2D eigenvalue weighted by Gasteiger charge is 2.40. The molecular weight excluding hydrogens is 435 g/mol. The van der Waals surface area contributed by atoms with Gasteiger partial charge in [-0.15, -0.1) is 0 Å². The Hall–Kier alpha value is -3.39. The number of halogens is 4. The smallest absolute Gasteiger partial charge is 0.255 e. The number of carbonyl (C=O) groups excluding carboxylic acids is 1. The number of nitrogens with zero attached hydrogens (tertiary/aromatic N) is 5. The molecule has 8 nitrogen and oxygen atoms in total. The van der Waals surface area contributed by atoms with Crippen molar-refractivity contribution < 1.29 is 18.0 Å². The highest BCUT2D eigenvalue weighted by atomic mass is 35.5. The Kier molecular flexibility index (Phi) is 5.65. The molecule has 1 aliphatic rings. The fourth-order valence-corrected chi connectivity index (χ4v) is 3.78. The Labute approximate surface area is 179 Å². The lowest BCUT2D eigenvalue weighted by molar-refractivity contribution is -0.122. The molecule has 3 aromatic rings. The third kappa shape index (κ3) is 3.98. The summed E-state index contributed by atoms with van der Waals surface area (Å²) in [6.07, 6.45) is 1.72. The average Bonchev–Trinajstić information content (AvgIpc) is 3.36. The molecule has 0 unspecified atom stereocenters. The Bertz CT molecular complexity index is 1180. The number of pyridine rings is 1. The van der Waals surface area contributed by atoms with Crippen molar-refractivity contribution in [3.63, 3.8) is 0 Å². The van der Waals surface area contributed by atoms with E-state index in [2.05, 4.69) is 25.3 Å². The van der Waals surface area contributed by atoms with Crippen molar-refractivity contribution in [1.29, 1.82) is 5.26 Å². The van der Waals surface area contributed by atoms with Crippen LogP contribution in [0.15, 0.2) is 24.7 Å². The quantitative estimate of drug-likeness (QED) is 0.619. The van der Waals surface area contributed by atoms with E-state index in [1.807, 2.05) is 6.07 Å². The van der Waals surface area contributed by atoms with Crippen LogP contribution < -0.4 is 10.2 Å². The second-order valence-electron chi connectivity index (χ2n) is 6.90. The molecule has 12 heteroatoms. The number of alkyl halides is 2. The van der Waals surface area contributed by atoms with Crippen LogP contribution in [0, 0.1) is 17.1 Å². The van der Waals surface area contributed by atoms with Crippen molar-refractivity contribution in [1.82, 2.24) is 25.3 Å². The summed E-state index contributed by atoms with van der Waals surface area (Å²) in [5, 5.41) is 12.6. The zero-order chi connectivity index (χ0) is 22.1. The van der Waals surface area contributed by atoms with Gasteiger partial charge < -0.3 is 15.2 Å². The Morgan fingerprint density at radius 2 is 2.19 bits per heavy atom. The van der Waals surface area contributed by atoms with E-state index in [9.17, 15) is 23.2 Å². The fourth-order valence-electron chi connectivity index (χ4n) is 3.62. The van der Waals surface area contributed by atoms with Gasteiger partial charge in [-0.1, -0.05) is 11.6 Å². The van der Waals surface area contributed by atoms with Crippen molar-refractivity contribution >= 4 is 34.4 Å². The summed E-state index contributed by atoms with van der Waals surface area (Å²) in [5.41, 5.74) is 1.02. The van der Waals surface area contributed by atoms with Gasteiger partial charge in [0.15, 0.2) is 17.5 Å². The Balaban J connectivity index is 1.74. The topological polar surface area (TPSA) is 111 Å². The molecule has 0 radical (unpaired) electrons. The number of aromatic amines is 1. The van der Waals surface area contributed by atoms with Crippen LogP contribution >= 0.6 is 11.6 Å². The maximum Gasteiger partial charge on any atom is 0.255 e. The number of fused-ring (bicyclic) bond motifs is 1. The van der Waals surface area contributed by atoms with Crippen LogP contribution in [0.4, 0.5) is 19.0 Å². The summed E-state index contributed by atoms with van der Waals surface area (Å²) in [6, 6.07) is 1.80. The molecule has 4 heterocycles. The molecule has 0 spiro atoms. The van der Waals surface area contributed by atoms with E-state index < -0.39 is 36.8 Å². The highest BCUT2D eigenvalue weighted by Crippen LogP contribution is 2.33. The van der Waals surface area contributed by atoms with Gasteiger partial charge in [0.05, 0.1) is 23.8 Å². The first-order chi connectivity index (χ1) is 14.9. The number of nitrogens with one attached hydrogen (secondary N) is 2. The number of H-pyrrole nitrogens is 1.